The van der Waals surface area contributed by atoms with Crippen molar-refractivity contribution in [3.8, 4) is 18.2 Å². The maximum absolute atomic E-state index is 13.5. The Morgan fingerprint density at radius 2 is 2.09 bits per heavy atom. The highest BCUT2D eigenvalue weighted by Gasteiger charge is 2.26. The fourth-order valence-corrected chi connectivity index (χ4v) is 4.67. The summed E-state index contributed by atoms with van der Waals surface area (Å²) < 4.78 is 6.62. The van der Waals surface area contributed by atoms with E-state index in [1.54, 1.807) is 37.4 Å². The van der Waals surface area contributed by atoms with Gasteiger partial charge in [0.25, 0.3) is 11.8 Å². The number of pyridine rings is 1. The first-order chi connectivity index (χ1) is 16.4. The predicted octanol–water partition coefficient (Wildman–Crippen LogP) is 3.99. The van der Waals surface area contributed by atoms with E-state index in [-0.39, 0.29) is 23.1 Å². The van der Waals surface area contributed by atoms with Crippen molar-refractivity contribution in [3.63, 3.8) is 0 Å². The quantitative estimate of drug-likeness (QED) is 0.461. The highest BCUT2D eigenvalue weighted by molar-refractivity contribution is 8.00. The number of terminal acetylenes is 1. The van der Waals surface area contributed by atoms with Crippen LogP contribution in [0.4, 0.5) is 5.69 Å². The number of aromatic nitrogens is 3. The molecule has 1 fully saturated rings. The summed E-state index contributed by atoms with van der Waals surface area (Å²) in [6, 6.07) is 8.14. The molecule has 3 heterocycles. The molecular weight excluding hydrogens is 497 g/mol. The molecule has 8 nitrogen and oxygen atoms in total. The van der Waals surface area contributed by atoms with Crippen molar-refractivity contribution in [1.82, 2.24) is 20.1 Å². The lowest BCUT2D eigenvalue weighted by Crippen LogP contribution is -2.30. The number of hydrogen-bond donors (Lipinski definition) is 2. The molecule has 2 amide bonds. The van der Waals surface area contributed by atoms with Crippen LogP contribution in [0.5, 0.6) is 0 Å². The maximum Gasteiger partial charge on any atom is 0.274 e. The average Bonchev–Trinajstić information content (AvgIpc) is 3.20. The first kappa shape index (κ1) is 24.1. The summed E-state index contributed by atoms with van der Waals surface area (Å²) in [5.41, 5.74) is 1.31. The van der Waals surface area contributed by atoms with Gasteiger partial charge in [-0.2, -0.15) is 5.10 Å². The summed E-state index contributed by atoms with van der Waals surface area (Å²) in [6.45, 7) is 3.01. The molecule has 1 saturated heterocycles. The molecule has 11 heteroatoms. The lowest BCUT2D eigenvalue weighted by Gasteiger charge is -2.23. The van der Waals surface area contributed by atoms with Crippen LogP contribution in [0.1, 0.15) is 26.4 Å². The van der Waals surface area contributed by atoms with Crippen LogP contribution in [0, 0.1) is 19.3 Å². The largest absolute Gasteiger partial charge is 0.379 e. The smallest absolute Gasteiger partial charge is 0.274 e. The molecule has 0 atom stereocenters. The van der Waals surface area contributed by atoms with Gasteiger partial charge in [0, 0.05) is 17.3 Å². The van der Waals surface area contributed by atoms with Crippen LogP contribution in [0.2, 0.25) is 10.0 Å². The predicted molar refractivity (Wildman–Crippen MR) is 132 cm³/mol. The fourth-order valence-electron chi connectivity index (χ4n) is 3.22. The van der Waals surface area contributed by atoms with Crippen molar-refractivity contribution in [2.45, 2.75) is 17.2 Å². The number of amides is 2. The second kappa shape index (κ2) is 10.5. The summed E-state index contributed by atoms with van der Waals surface area (Å²) in [5, 5.41) is 11.5. The van der Waals surface area contributed by atoms with E-state index in [0.29, 0.717) is 45.4 Å². The lowest BCUT2D eigenvalue weighted by atomic mass is 10.1. The standard InChI is InChI=1S/C23H19Cl2N5O3S/c1-3-6-27-22(31)16-9-14(24)8-13(2)20(16)28-23(32)18-10-19(34-15-11-33-12-15)29-30(18)21-17(25)5-4-7-26-21/h1,4-5,7-10,15H,6,11-12H2,2H3,(H,27,31)(H,28,32). The fraction of sp³-hybridized carbons (Fsp3) is 0.217. The lowest BCUT2D eigenvalue weighted by molar-refractivity contribution is 0.0454. The third-order valence-corrected chi connectivity index (χ3v) is 6.45. The third kappa shape index (κ3) is 5.21. The number of rotatable bonds is 7. The summed E-state index contributed by atoms with van der Waals surface area (Å²) in [6.07, 6.45) is 6.81. The first-order valence-corrected chi connectivity index (χ1v) is 11.8. The molecule has 3 aromatic rings. The Balaban J connectivity index is 1.71. The molecular formula is C23H19Cl2N5O3S. The molecule has 34 heavy (non-hydrogen) atoms. The average molecular weight is 516 g/mol. The normalized spacial score (nSPS) is 13.1. The number of nitrogens with one attached hydrogen (secondary N) is 2. The van der Waals surface area contributed by atoms with Gasteiger partial charge in [0.2, 0.25) is 0 Å². The highest BCUT2D eigenvalue weighted by atomic mass is 35.5. The zero-order chi connectivity index (χ0) is 24.2. The molecule has 0 bridgehead atoms. The molecule has 2 N–H and O–H groups in total. The van der Waals surface area contributed by atoms with Gasteiger partial charge in [-0.15, -0.1) is 6.42 Å². The number of carbonyl (C=O) groups is 2. The van der Waals surface area contributed by atoms with E-state index >= 15 is 0 Å². The van der Waals surface area contributed by atoms with Crippen molar-refractivity contribution in [2.24, 2.45) is 0 Å². The maximum atomic E-state index is 13.5. The molecule has 1 aliphatic heterocycles. The molecule has 4 rings (SSSR count). The molecule has 174 valence electrons. The van der Waals surface area contributed by atoms with E-state index in [1.165, 1.54) is 22.5 Å². The number of anilines is 1. The third-order valence-electron chi connectivity index (χ3n) is 4.89. The Morgan fingerprint density at radius 1 is 1.29 bits per heavy atom. The molecule has 0 unspecified atom stereocenters. The van der Waals surface area contributed by atoms with Crippen molar-refractivity contribution in [2.75, 3.05) is 25.1 Å². The van der Waals surface area contributed by atoms with Crippen LogP contribution in [-0.4, -0.2) is 51.6 Å². The van der Waals surface area contributed by atoms with Crippen LogP contribution < -0.4 is 10.6 Å². The minimum Gasteiger partial charge on any atom is -0.379 e. The number of halogens is 2. The zero-order valence-electron chi connectivity index (χ0n) is 18.0. The van der Waals surface area contributed by atoms with Crippen molar-refractivity contribution < 1.29 is 14.3 Å². The molecule has 0 saturated carbocycles. The summed E-state index contributed by atoms with van der Waals surface area (Å²) >= 11 is 14.0. The zero-order valence-corrected chi connectivity index (χ0v) is 20.3. The van der Waals surface area contributed by atoms with E-state index in [2.05, 4.69) is 26.6 Å². The van der Waals surface area contributed by atoms with E-state index in [1.807, 2.05) is 0 Å². The van der Waals surface area contributed by atoms with E-state index < -0.39 is 11.8 Å². The minimum atomic E-state index is -0.498. The van der Waals surface area contributed by atoms with Crippen LogP contribution in [0.25, 0.3) is 5.82 Å². The van der Waals surface area contributed by atoms with Gasteiger partial charge >= 0.3 is 0 Å². The van der Waals surface area contributed by atoms with Gasteiger partial charge in [-0.1, -0.05) is 40.9 Å². The first-order valence-electron chi connectivity index (χ1n) is 10.2. The minimum absolute atomic E-state index is 0.0359. The van der Waals surface area contributed by atoms with Gasteiger partial charge in [-0.05, 0) is 36.8 Å². The second-order valence-corrected chi connectivity index (χ2v) is 9.52. The van der Waals surface area contributed by atoms with E-state index in [9.17, 15) is 9.59 Å². The molecule has 0 radical (unpaired) electrons. The van der Waals surface area contributed by atoms with Gasteiger partial charge in [0.1, 0.15) is 10.7 Å². The molecule has 0 spiro atoms. The monoisotopic (exact) mass is 515 g/mol. The van der Waals surface area contributed by atoms with Gasteiger partial charge in [0.05, 0.1) is 41.3 Å². The Morgan fingerprint density at radius 3 is 2.76 bits per heavy atom. The Kier molecular flexibility index (Phi) is 7.44. The number of aryl methyl sites for hydroxylation is 1. The number of nitrogens with zero attached hydrogens (tertiary/aromatic N) is 3. The van der Waals surface area contributed by atoms with Gasteiger partial charge < -0.3 is 15.4 Å². The molecule has 1 aromatic carbocycles. The van der Waals surface area contributed by atoms with Crippen molar-refractivity contribution in [3.05, 3.63) is 63.4 Å². The Hall–Kier alpha value is -3.03. The molecule has 0 aliphatic carbocycles. The van der Waals surface area contributed by atoms with Crippen molar-refractivity contribution in [1.29, 1.82) is 0 Å². The SMILES string of the molecule is C#CCNC(=O)c1cc(Cl)cc(C)c1NC(=O)c1cc(SC2COC2)nn1-c1ncccc1Cl. The van der Waals surface area contributed by atoms with Gasteiger partial charge in [-0.3, -0.25) is 9.59 Å². The van der Waals surface area contributed by atoms with E-state index in [0.717, 1.165) is 0 Å². The Bertz CT molecular complexity index is 1300. The number of thioether (sulfide) groups is 1. The van der Waals surface area contributed by atoms with Crippen LogP contribution in [0.15, 0.2) is 41.6 Å². The number of hydrogen-bond acceptors (Lipinski definition) is 6. The van der Waals surface area contributed by atoms with E-state index in [4.69, 9.17) is 34.4 Å². The number of carbonyl (C=O) groups excluding carboxylic acids is 2. The topological polar surface area (TPSA) is 98.1 Å². The van der Waals surface area contributed by atoms with Gasteiger partial charge in [0.15, 0.2) is 5.82 Å². The number of benzene rings is 1. The molecule has 2 aromatic heterocycles. The summed E-state index contributed by atoms with van der Waals surface area (Å²) in [5.74, 6) is 1.70. The molecule has 1 aliphatic rings. The highest BCUT2D eigenvalue weighted by Crippen LogP contribution is 2.31. The van der Waals surface area contributed by atoms with Crippen molar-refractivity contribution >= 4 is 52.5 Å². The second-order valence-electron chi connectivity index (χ2n) is 7.35. The Labute approximate surface area is 210 Å². The summed E-state index contributed by atoms with van der Waals surface area (Å²) in [4.78, 5) is 30.4. The number of ether oxygens (including phenoxy) is 1. The van der Waals surface area contributed by atoms with Gasteiger partial charge in [-0.25, -0.2) is 9.67 Å². The van der Waals surface area contributed by atoms with Crippen LogP contribution in [-0.2, 0) is 4.74 Å². The van der Waals surface area contributed by atoms with Crippen LogP contribution in [0.3, 0.4) is 0 Å². The summed E-state index contributed by atoms with van der Waals surface area (Å²) in [7, 11) is 0. The van der Waals surface area contributed by atoms with Crippen LogP contribution >= 0.6 is 35.0 Å².